The number of carbonyl (C=O) groups excluding carboxylic acids is 1. The summed E-state index contributed by atoms with van der Waals surface area (Å²) in [7, 11) is 0. The van der Waals surface area contributed by atoms with Crippen molar-refractivity contribution in [2.24, 2.45) is 0 Å². The number of rotatable bonds is 4. The van der Waals surface area contributed by atoms with Crippen molar-refractivity contribution in [3.8, 4) is 5.69 Å². The average molecular weight is 377 g/mol. The molecule has 0 radical (unpaired) electrons. The van der Waals surface area contributed by atoms with E-state index in [1.54, 1.807) is 25.1 Å². The summed E-state index contributed by atoms with van der Waals surface area (Å²) in [5.74, 6) is -1.02. The highest BCUT2D eigenvalue weighted by atomic mass is 19.1. The monoisotopic (exact) mass is 377 g/mol. The van der Waals surface area contributed by atoms with Gasteiger partial charge in [0.15, 0.2) is 5.69 Å². The van der Waals surface area contributed by atoms with Gasteiger partial charge in [0, 0.05) is 11.8 Å². The van der Waals surface area contributed by atoms with E-state index < -0.39 is 22.7 Å². The van der Waals surface area contributed by atoms with Crippen molar-refractivity contribution >= 4 is 5.91 Å². The average Bonchev–Trinajstić information content (AvgIpc) is 2.66. The molecule has 1 aliphatic carbocycles. The fraction of sp³-hybridized carbons (Fsp3) is 0.227. The zero-order chi connectivity index (χ0) is 19.7. The van der Waals surface area contributed by atoms with Crippen LogP contribution in [-0.2, 0) is 5.54 Å². The largest absolute Gasteiger partial charge is 0.341 e. The van der Waals surface area contributed by atoms with E-state index in [1.165, 1.54) is 16.8 Å². The maximum absolute atomic E-state index is 14.2. The van der Waals surface area contributed by atoms with E-state index in [1.807, 2.05) is 30.3 Å². The van der Waals surface area contributed by atoms with Gasteiger partial charge in [-0.1, -0.05) is 42.5 Å². The molecule has 1 saturated carbocycles. The first-order valence-electron chi connectivity index (χ1n) is 9.24. The summed E-state index contributed by atoms with van der Waals surface area (Å²) in [4.78, 5) is 25.4. The van der Waals surface area contributed by atoms with Gasteiger partial charge in [-0.25, -0.2) is 9.07 Å². The summed E-state index contributed by atoms with van der Waals surface area (Å²) in [6, 6.07) is 17.1. The molecule has 3 aromatic rings. The normalized spacial score (nSPS) is 14.9. The van der Waals surface area contributed by atoms with Crippen molar-refractivity contribution < 1.29 is 9.18 Å². The quantitative estimate of drug-likeness (QED) is 0.757. The molecule has 1 aliphatic rings. The van der Waals surface area contributed by atoms with Crippen LogP contribution >= 0.6 is 0 Å². The number of benzene rings is 2. The number of aromatic nitrogens is 2. The van der Waals surface area contributed by atoms with E-state index in [9.17, 15) is 14.0 Å². The summed E-state index contributed by atoms with van der Waals surface area (Å²) in [5.41, 5.74) is 0.445. The van der Waals surface area contributed by atoms with Gasteiger partial charge < -0.3 is 5.32 Å². The summed E-state index contributed by atoms with van der Waals surface area (Å²) < 4.78 is 15.5. The second-order valence-electron chi connectivity index (χ2n) is 7.12. The van der Waals surface area contributed by atoms with Crippen molar-refractivity contribution in [1.29, 1.82) is 0 Å². The third-order valence-electron chi connectivity index (χ3n) is 5.29. The molecule has 0 unspecified atom stereocenters. The number of hydrogen-bond donors (Lipinski definition) is 1. The molecule has 0 aliphatic heterocycles. The van der Waals surface area contributed by atoms with Gasteiger partial charge in [0.25, 0.3) is 5.91 Å². The zero-order valence-electron chi connectivity index (χ0n) is 15.5. The predicted octanol–water partition coefficient (Wildman–Crippen LogP) is 3.49. The molecule has 0 spiro atoms. The summed E-state index contributed by atoms with van der Waals surface area (Å²) in [6.07, 6.45) is 2.60. The van der Waals surface area contributed by atoms with E-state index in [4.69, 9.17) is 0 Å². The number of carbonyl (C=O) groups is 1. The topological polar surface area (TPSA) is 64.0 Å². The number of para-hydroxylation sites is 1. The Morgan fingerprint density at radius 2 is 1.79 bits per heavy atom. The van der Waals surface area contributed by atoms with Crippen LogP contribution in [0.2, 0.25) is 0 Å². The van der Waals surface area contributed by atoms with Crippen LogP contribution in [0.3, 0.4) is 0 Å². The fourth-order valence-electron chi connectivity index (χ4n) is 3.62. The number of halogens is 1. The van der Waals surface area contributed by atoms with Crippen LogP contribution in [-0.4, -0.2) is 15.7 Å². The lowest BCUT2D eigenvalue weighted by atomic mass is 9.71. The van der Waals surface area contributed by atoms with Crippen LogP contribution in [0.5, 0.6) is 0 Å². The van der Waals surface area contributed by atoms with Gasteiger partial charge in [-0.05, 0) is 43.9 Å². The SMILES string of the molecule is Cc1cc(=O)c(C(=O)NC2(c3ccccc3)CCC2)nn1-c1ccccc1F. The highest BCUT2D eigenvalue weighted by Crippen LogP contribution is 2.41. The molecule has 1 N–H and O–H groups in total. The van der Waals surface area contributed by atoms with E-state index >= 15 is 0 Å². The number of amides is 1. The van der Waals surface area contributed by atoms with Crippen molar-refractivity contribution in [2.45, 2.75) is 31.7 Å². The number of nitrogens with one attached hydrogen (secondary N) is 1. The second-order valence-corrected chi connectivity index (χ2v) is 7.12. The second kappa shape index (κ2) is 7.03. The first-order chi connectivity index (χ1) is 13.5. The van der Waals surface area contributed by atoms with Gasteiger partial charge in [0.1, 0.15) is 11.5 Å². The molecule has 6 heteroatoms. The van der Waals surface area contributed by atoms with Gasteiger partial charge in [0.05, 0.1) is 5.54 Å². The molecule has 142 valence electrons. The maximum Gasteiger partial charge on any atom is 0.276 e. The Morgan fingerprint density at radius 1 is 1.11 bits per heavy atom. The van der Waals surface area contributed by atoms with Crippen LogP contribution in [0, 0.1) is 12.7 Å². The van der Waals surface area contributed by atoms with Crippen molar-refractivity contribution in [3.05, 3.63) is 93.7 Å². The van der Waals surface area contributed by atoms with Crippen LogP contribution < -0.4 is 10.7 Å². The highest BCUT2D eigenvalue weighted by Gasteiger charge is 2.40. The Bertz CT molecular complexity index is 1090. The summed E-state index contributed by atoms with van der Waals surface area (Å²) in [6.45, 7) is 1.65. The van der Waals surface area contributed by atoms with Gasteiger partial charge in [-0.2, -0.15) is 5.10 Å². The van der Waals surface area contributed by atoms with Crippen LogP contribution in [0.1, 0.15) is 41.0 Å². The Morgan fingerprint density at radius 3 is 2.43 bits per heavy atom. The molecule has 1 fully saturated rings. The molecule has 0 bridgehead atoms. The zero-order valence-corrected chi connectivity index (χ0v) is 15.5. The molecule has 5 nitrogen and oxygen atoms in total. The third kappa shape index (κ3) is 3.11. The Balaban J connectivity index is 1.71. The fourth-order valence-corrected chi connectivity index (χ4v) is 3.62. The minimum Gasteiger partial charge on any atom is -0.341 e. The van der Waals surface area contributed by atoms with E-state index in [-0.39, 0.29) is 11.4 Å². The summed E-state index contributed by atoms with van der Waals surface area (Å²) >= 11 is 0. The molecular formula is C22H20FN3O2. The lowest BCUT2D eigenvalue weighted by molar-refractivity contribution is 0.0815. The number of aryl methyl sites for hydroxylation is 1. The van der Waals surface area contributed by atoms with Gasteiger partial charge >= 0.3 is 0 Å². The van der Waals surface area contributed by atoms with E-state index in [0.717, 1.165) is 24.8 Å². The first kappa shape index (κ1) is 18.1. The number of hydrogen-bond acceptors (Lipinski definition) is 3. The first-order valence-corrected chi connectivity index (χ1v) is 9.24. The minimum atomic E-state index is -0.543. The molecule has 1 amide bonds. The molecule has 2 aromatic carbocycles. The molecule has 1 heterocycles. The Hall–Kier alpha value is -3.28. The maximum atomic E-state index is 14.2. The van der Waals surface area contributed by atoms with Crippen molar-refractivity contribution in [3.63, 3.8) is 0 Å². The highest BCUT2D eigenvalue weighted by molar-refractivity contribution is 5.92. The predicted molar refractivity (Wildman–Crippen MR) is 104 cm³/mol. The smallest absolute Gasteiger partial charge is 0.276 e. The van der Waals surface area contributed by atoms with E-state index in [2.05, 4.69) is 10.4 Å². The van der Waals surface area contributed by atoms with Crippen molar-refractivity contribution in [2.75, 3.05) is 0 Å². The molecule has 0 atom stereocenters. The minimum absolute atomic E-state index is 0.190. The molecule has 28 heavy (non-hydrogen) atoms. The molecule has 0 saturated heterocycles. The molecule has 1 aromatic heterocycles. The number of nitrogens with zero attached hydrogens (tertiary/aromatic N) is 2. The lowest BCUT2D eigenvalue weighted by Gasteiger charge is -2.43. The van der Waals surface area contributed by atoms with Crippen LogP contribution in [0.4, 0.5) is 4.39 Å². The van der Waals surface area contributed by atoms with E-state index in [0.29, 0.717) is 5.69 Å². The third-order valence-corrected chi connectivity index (χ3v) is 5.29. The van der Waals surface area contributed by atoms with Crippen LogP contribution in [0.25, 0.3) is 5.69 Å². The molecular weight excluding hydrogens is 357 g/mol. The summed E-state index contributed by atoms with van der Waals surface area (Å²) in [5, 5.41) is 7.20. The van der Waals surface area contributed by atoms with Crippen molar-refractivity contribution in [1.82, 2.24) is 15.1 Å². The van der Waals surface area contributed by atoms with Gasteiger partial charge in [-0.3, -0.25) is 9.59 Å². The molecule has 4 rings (SSSR count). The Labute approximate surface area is 161 Å². The van der Waals surface area contributed by atoms with Crippen LogP contribution in [0.15, 0.2) is 65.5 Å². The van der Waals surface area contributed by atoms with Gasteiger partial charge in [0.2, 0.25) is 5.43 Å². The Kier molecular flexibility index (Phi) is 4.55. The standard InChI is InChI=1S/C22H20FN3O2/c1-15-14-19(27)20(25-26(15)18-11-6-5-10-17(18)23)21(28)24-22(12-7-13-22)16-8-3-2-4-9-16/h2-6,8-11,14H,7,12-13H2,1H3,(H,24,28). The lowest BCUT2D eigenvalue weighted by Crippen LogP contribution is -2.52. The van der Waals surface area contributed by atoms with Gasteiger partial charge in [-0.15, -0.1) is 0 Å².